The average Bonchev–Trinajstić information content (AvgIpc) is 3.65. The first-order valence-corrected chi connectivity index (χ1v) is 12.8. The number of ether oxygens (including phenoxy) is 1. The first-order valence-electron chi connectivity index (χ1n) is 12.8. The van der Waals surface area contributed by atoms with Crippen LogP contribution >= 0.6 is 0 Å². The van der Waals surface area contributed by atoms with E-state index in [0.717, 1.165) is 18.4 Å². The van der Waals surface area contributed by atoms with Crippen LogP contribution in [0.1, 0.15) is 39.4 Å². The summed E-state index contributed by atoms with van der Waals surface area (Å²) in [5.41, 5.74) is 2.04. The molecule has 0 radical (unpaired) electrons. The molecule has 5 heterocycles. The van der Waals surface area contributed by atoms with E-state index in [4.69, 9.17) is 9.15 Å². The van der Waals surface area contributed by atoms with Crippen LogP contribution in [0, 0.1) is 6.92 Å². The maximum absolute atomic E-state index is 12.7. The Labute approximate surface area is 228 Å². The normalized spacial score (nSPS) is 15.1. The number of fused-ring (bicyclic) bond motifs is 1. The van der Waals surface area contributed by atoms with Crippen LogP contribution in [-0.2, 0) is 0 Å². The molecule has 202 valence electrons. The second-order valence-corrected chi connectivity index (χ2v) is 9.48. The summed E-state index contributed by atoms with van der Waals surface area (Å²) in [6.45, 7) is 3.05. The maximum atomic E-state index is 12.7. The first kappa shape index (κ1) is 25.0. The Morgan fingerprint density at radius 2 is 1.93 bits per heavy atom. The molecular formula is C28H26N8O4. The highest BCUT2D eigenvalue weighted by Gasteiger charge is 2.28. The number of anilines is 2. The minimum absolute atomic E-state index is 0.0343. The fourth-order valence-electron chi connectivity index (χ4n) is 4.64. The number of oxazole rings is 1. The molecule has 0 unspecified atom stereocenters. The van der Waals surface area contributed by atoms with Gasteiger partial charge in [0.1, 0.15) is 29.0 Å². The van der Waals surface area contributed by atoms with E-state index in [2.05, 4.69) is 35.8 Å². The van der Waals surface area contributed by atoms with Gasteiger partial charge in [0.05, 0.1) is 6.20 Å². The zero-order chi connectivity index (χ0) is 27.5. The number of pyridine rings is 2. The zero-order valence-electron chi connectivity index (χ0n) is 21.6. The van der Waals surface area contributed by atoms with Gasteiger partial charge >= 0.3 is 5.91 Å². The van der Waals surface area contributed by atoms with Crippen molar-refractivity contribution in [2.45, 2.75) is 25.8 Å². The summed E-state index contributed by atoms with van der Waals surface area (Å²) in [5, 5.41) is 14.3. The van der Waals surface area contributed by atoms with Gasteiger partial charge in [-0.25, -0.2) is 15.0 Å². The summed E-state index contributed by atoms with van der Waals surface area (Å²) in [5.74, 6) is 1.75. The number of benzene rings is 1. The van der Waals surface area contributed by atoms with Gasteiger partial charge in [-0.15, -0.1) is 0 Å². The summed E-state index contributed by atoms with van der Waals surface area (Å²) in [7, 11) is 0. The molecular weight excluding hydrogens is 512 g/mol. The van der Waals surface area contributed by atoms with Gasteiger partial charge in [0.2, 0.25) is 0 Å². The van der Waals surface area contributed by atoms with Gasteiger partial charge in [-0.3, -0.25) is 14.7 Å². The van der Waals surface area contributed by atoms with Gasteiger partial charge in [-0.2, -0.15) is 5.10 Å². The van der Waals surface area contributed by atoms with E-state index < -0.39 is 0 Å². The minimum Gasteiger partial charge on any atom is -0.456 e. The molecule has 3 N–H and O–H groups in total. The molecule has 40 heavy (non-hydrogen) atoms. The van der Waals surface area contributed by atoms with E-state index in [-0.39, 0.29) is 23.7 Å². The molecule has 1 atom stereocenters. The molecule has 0 saturated carbocycles. The van der Waals surface area contributed by atoms with E-state index in [0.29, 0.717) is 52.8 Å². The minimum atomic E-state index is -0.264. The van der Waals surface area contributed by atoms with Gasteiger partial charge in [0, 0.05) is 43.2 Å². The summed E-state index contributed by atoms with van der Waals surface area (Å²) in [6, 6.07) is 12.2. The number of carbonyl (C=O) groups excluding carboxylic acids is 2. The van der Waals surface area contributed by atoms with Crippen LogP contribution in [0.2, 0.25) is 0 Å². The Hall–Kier alpha value is -5.26. The molecule has 1 fully saturated rings. The van der Waals surface area contributed by atoms with Crippen molar-refractivity contribution < 1.29 is 18.7 Å². The van der Waals surface area contributed by atoms with E-state index in [1.807, 2.05) is 13.0 Å². The number of likely N-dealkylation sites (tertiary alicyclic amines) is 1. The Morgan fingerprint density at radius 3 is 2.73 bits per heavy atom. The van der Waals surface area contributed by atoms with Gasteiger partial charge in [-0.1, -0.05) is 0 Å². The van der Waals surface area contributed by atoms with Crippen LogP contribution in [0.15, 0.2) is 71.7 Å². The van der Waals surface area contributed by atoms with E-state index in [9.17, 15) is 9.59 Å². The fraction of sp³-hybridized carbons (Fsp3) is 0.214. The Morgan fingerprint density at radius 1 is 1.07 bits per heavy atom. The molecule has 1 saturated heterocycles. The number of H-pyrrole nitrogens is 1. The zero-order valence-corrected chi connectivity index (χ0v) is 21.6. The Balaban J connectivity index is 1.16. The van der Waals surface area contributed by atoms with Crippen LogP contribution in [0.5, 0.6) is 11.5 Å². The highest BCUT2D eigenvalue weighted by atomic mass is 16.5. The van der Waals surface area contributed by atoms with Gasteiger partial charge in [0.15, 0.2) is 11.5 Å². The third kappa shape index (κ3) is 5.32. The summed E-state index contributed by atoms with van der Waals surface area (Å²) in [6.07, 6.45) is 7.83. The van der Waals surface area contributed by atoms with E-state index in [1.165, 1.54) is 12.5 Å². The third-order valence-corrected chi connectivity index (χ3v) is 6.59. The number of hydrogen-bond donors (Lipinski definition) is 3. The molecule has 4 aromatic heterocycles. The molecule has 0 bridgehead atoms. The Kier molecular flexibility index (Phi) is 6.79. The van der Waals surface area contributed by atoms with Crippen LogP contribution in [0.4, 0.5) is 11.6 Å². The monoisotopic (exact) mass is 538 g/mol. The van der Waals surface area contributed by atoms with Crippen LogP contribution in [-0.4, -0.2) is 61.0 Å². The lowest BCUT2D eigenvalue weighted by Crippen LogP contribution is -2.45. The fourth-order valence-corrected chi connectivity index (χ4v) is 4.64. The number of nitrogens with zero attached hydrogens (tertiary/aromatic N) is 5. The van der Waals surface area contributed by atoms with Crippen LogP contribution in [0.3, 0.4) is 0 Å². The third-order valence-electron chi connectivity index (χ3n) is 6.59. The smallest absolute Gasteiger partial charge is 0.309 e. The first-order chi connectivity index (χ1) is 19.5. The predicted octanol–water partition coefficient (Wildman–Crippen LogP) is 4.41. The molecule has 0 aliphatic carbocycles. The highest BCUT2D eigenvalue weighted by molar-refractivity contribution is 6.03. The number of hydrogen-bond acceptors (Lipinski definition) is 9. The highest BCUT2D eigenvalue weighted by Crippen LogP contribution is 2.33. The molecule has 2 amide bonds. The predicted molar refractivity (Wildman–Crippen MR) is 146 cm³/mol. The number of nitrogens with one attached hydrogen (secondary N) is 3. The summed E-state index contributed by atoms with van der Waals surface area (Å²) in [4.78, 5) is 39.6. The molecule has 0 spiro atoms. The van der Waals surface area contributed by atoms with E-state index >= 15 is 0 Å². The maximum Gasteiger partial charge on any atom is 0.309 e. The number of carbonyl (C=O) groups is 2. The molecule has 1 aliphatic heterocycles. The van der Waals surface area contributed by atoms with Crippen molar-refractivity contribution in [3.05, 3.63) is 84.3 Å². The molecule has 5 aromatic rings. The average molecular weight is 539 g/mol. The van der Waals surface area contributed by atoms with Gasteiger partial charge in [-0.05, 0) is 61.7 Å². The number of piperidine rings is 1. The Bertz CT molecular complexity index is 1650. The molecule has 1 aromatic carbocycles. The van der Waals surface area contributed by atoms with Crippen molar-refractivity contribution in [1.82, 2.24) is 30.0 Å². The second kappa shape index (κ2) is 10.8. The lowest BCUT2D eigenvalue weighted by atomic mass is 10.1. The molecule has 12 heteroatoms. The topological polar surface area (TPSA) is 151 Å². The lowest BCUT2D eigenvalue weighted by molar-refractivity contribution is 0.0674. The molecule has 12 nitrogen and oxygen atoms in total. The van der Waals surface area contributed by atoms with Gasteiger partial charge < -0.3 is 24.7 Å². The van der Waals surface area contributed by atoms with Crippen LogP contribution < -0.4 is 15.4 Å². The van der Waals surface area contributed by atoms with Crippen LogP contribution in [0.25, 0.3) is 11.0 Å². The van der Waals surface area contributed by atoms with E-state index in [1.54, 1.807) is 53.7 Å². The standard InChI is InChI=1S/C28H26N8O4/c1-17-8-10-29-22(15-17)33-26(37)18-4-6-20(7-5-18)40-21-9-11-30-24-23(21)25(35-34-24)32-19-3-2-13-36(16-19)28(38)27-31-12-14-39-27/h4-12,14-15,19H,2-3,13,16H2,1H3,(H,29,33,37)(H2,30,32,34,35)/t19-/m1/s1. The lowest BCUT2D eigenvalue weighted by Gasteiger charge is -2.32. The summed E-state index contributed by atoms with van der Waals surface area (Å²) >= 11 is 0. The van der Waals surface area contributed by atoms with Crippen molar-refractivity contribution in [2.24, 2.45) is 0 Å². The number of rotatable bonds is 7. The van der Waals surface area contributed by atoms with Crippen molar-refractivity contribution in [3.63, 3.8) is 0 Å². The van der Waals surface area contributed by atoms with Crippen molar-refractivity contribution in [3.8, 4) is 11.5 Å². The second-order valence-electron chi connectivity index (χ2n) is 9.48. The number of amides is 2. The number of aromatic amines is 1. The molecule has 1 aliphatic rings. The van der Waals surface area contributed by atoms with Crippen molar-refractivity contribution in [2.75, 3.05) is 23.7 Å². The largest absolute Gasteiger partial charge is 0.456 e. The summed E-state index contributed by atoms with van der Waals surface area (Å²) < 4.78 is 11.4. The van der Waals surface area contributed by atoms with Crippen molar-refractivity contribution >= 4 is 34.5 Å². The van der Waals surface area contributed by atoms with Crippen molar-refractivity contribution in [1.29, 1.82) is 0 Å². The quantitative estimate of drug-likeness (QED) is 0.274. The molecule has 6 rings (SSSR count). The van der Waals surface area contributed by atoms with Gasteiger partial charge in [0.25, 0.3) is 11.8 Å². The number of aromatic nitrogens is 5. The number of aryl methyl sites for hydroxylation is 1. The SMILES string of the molecule is Cc1ccnc(NC(=O)c2ccc(Oc3ccnc4[nH]nc(N[C@@H]5CCCN(C(=O)c6ncco6)C5)c34)cc2)c1.